The smallest absolute Gasteiger partial charge is 0.337 e. The molecule has 4 aromatic rings. The van der Waals surface area contributed by atoms with Gasteiger partial charge in [-0.1, -0.05) is 65.3 Å². The first-order valence-electron chi connectivity index (χ1n) is 11.1. The first-order valence-corrected chi connectivity index (χ1v) is 11.4. The highest BCUT2D eigenvalue weighted by Gasteiger charge is 2.21. The third-order valence-corrected chi connectivity index (χ3v) is 6.04. The van der Waals surface area contributed by atoms with Gasteiger partial charge in [0.05, 0.1) is 24.8 Å². The van der Waals surface area contributed by atoms with E-state index in [1.165, 1.54) is 7.11 Å². The minimum Gasteiger partial charge on any atom is -0.465 e. The van der Waals surface area contributed by atoms with Gasteiger partial charge in [0.25, 0.3) is 0 Å². The van der Waals surface area contributed by atoms with Crippen LogP contribution in [0.5, 0.6) is 0 Å². The quantitative estimate of drug-likeness (QED) is 0.272. The fraction of sp³-hybridized carbons (Fsp3) is 0.179. The van der Waals surface area contributed by atoms with Crippen LogP contribution in [-0.4, -0.2) is 24.2 Å². The molecule has 4 rings (SSSR count). The van der Waals surface area contributed by atoms with E-state index in [4.69, 9.17) is 25.6 Å². The molecule has 0 fully saturated rings. The Morgan fingerprint density at radius 2 is 1.66 bits per heavy atom. The second kappa shape index (κ2) is 10.6. The maximum Gasteiger partial charge on any atom is 0.337 e. The zero-order valence-corrected chi connectivity index (χ0v) is 20.3. The van der Waals surface area contributed by atoms with Crippen LogP contribution >= 0.6 is 11.6 Å². The normalized spacial score (nSPS) is 11.7. The fourth-order valence-corrected chi connectivity index (χ4v) is 4.15. The molecule has 0 saturated heterocycles. The Balaban J connectivity index is 1.58. The Morgan fingerprint density at radius 3 is 2.40 bits per heavy atom. The number of carbonyl (C=O) groups excluding carboxylic acids is 2. The maximum absolute atomic E-state index is 12.8. The second-order valence-corrected chi connectivity index (χ2v) is 8.47. The molecule has 1 heterocycles. The van der Waals surface area contributed by atoms with E-state index in [2.05, 4.69) is 5.16 Å². The van der Waals surface area contributed by atoms with E-state index in [1.807, 2.05) is 48.5 Å². The molecular weight excluding hydrogens is 466 g/mol. The molecule has 0 bridgehead atoms. The van der Waals surface area contributed by atoms with Crippen molar-refractivity contribution in [2.75, 3.05) is 7.11 Å². The molecule has 35 heavy (non-hydrogen) atoms. The number of benzene rings is 3. The van der Waals surface area contributed by atoms with Gasteiger partial charge in [0.2, 0.25) is 0 Å². The predicted molar refractivity (Wildman–Crippen MR) is 133 cm³/mol. The van der Waals surface area contributed by atoms with Crippen LogP contribution in [0.1, 0.15) is 40.2 Å². The van der Waals surface area contributed by atoms with Gasteiger partial charge in [-0.05, 0) is 49.2 Å². The number of rotatable bonds is 7. The van der Waals surface area contributed by atoms with Crippen molar-refractivity contribution >= 4 is 23.5 Å². The van der Waals surface area contributed by atoms with Gasteiger partial charge in [-0.3, -0.25) is 4.79 Å². The van der Waals surface area contributed by atoms with Gasteiger partial charge in [0, 0.05) is 21.7 Å². The van der Waals surface area contributed by atoms with Crippen molar-refractivity contribution in [3.05, 3.63) is 100 Å². The zero-order valence-electron chi connectivity index (χ0n) is 19.6. The molecule has 0 aliphatic carbocycles. The molecule has 0 saturated carbocycles. The SMILES string of the molecule is COC(=O)c1cccc(-c2cccc(-c3onc(C)c3CC(=O)OC(C)c3ccccc3Cl)c2)c1. The van der Waals surface area contributed by atoms with Gasteiger partial charge in [0.1, 0.15) is 6.10 Å². The summed E-state index contributed by atoms with van der Waals surface area (Å²) >= 11 is 6.23. The molecule has 3 aromatic carbocycles. The molecule has 0 N–H and O–H groups in total. The first-order chi connectivity index (χ1) is 16.9. The zero-order chi connectivity index (χ0) is 24.9. The molecule has 6 nitrogen and oxygen atoms in total. The second-order valence-electron chi connectivity index (χ2n) is 8.06. The Morgan fingerprint density at radius 1 is 0.971 bits per heavy atom. The van der Waals surface area contributed by atoms with Crippen LogP contribution < -0.4 is 0 Å². The molecular formula is C28H24ClNO5. The number of hydrogen-bond acceptors (Lipinski definition) is 6. The standard InChI is InChI=1S/C28H24ClNO5/c1-17-24(16-26(31)34-18(2)23-12-4-5-13-25(23)29)27(35-30-17)21-10-6-8-19(14-21)20-9-7-11-22(15-20)28(32)33-3/h4-15,18H,16H2,1-3H3. The lowest BCUT2D eigenvalue weighted by molar-refractivity contribution is -0.147. The molecule has 0 spiro atoms. The number of nitrogens with zero attached hydrogens (tertiary/aromatic N) is 1. The van der Waals surface area contributed by atoms with Crippen molar-refractivity contribution in [2.45, 2.75) is 26.4 Å². The van der Waals surface area contributed by atoms with E-state index in [-0.39, 0.29) is 6.42 Å². The summed E-state index contributed by atoms with van der Waals surface area (Å²) in [5.74, 6) is -0.316. The van der Waals surface area contributed by atoms with Crippen molar-refractivity contribution in [2.24, 2.45) is 0 Å². The Labute approximate surface area is 208 Å². The summed E-state index contributed by atoms with van der Waals surface area (Å²) in [5.41, 5.74) is 4.95. The summed E-state index contributed by atoms with van der Waals surface area (Å²) in [6.45, 7) is 3.57. The Kier molecular flexibility index (Phi) is 7.32. The van der Waals surface area contributed by atoms with Crippen LogP contribution in [-0.2, 0) is 20.7 Å². The number of methoxy groups -OCH3 is 1. The van der Waals surface area contributed by atoms with Gasteiger partial charge in [-0.2, -0.15) is 0 Å². The third-order valence-electron chi connectivity index (χ3n) is 5.70. The lowest BCUT2D eigenvalue weighted by atomic mass is 9.98. The first kappa shape index (κ1) is 24.2. The highest BCUT2D eigenvalue weighted by molar-refractivity contribution is 6.31. The molecule has 1 unspecified atom stereocenters. The third kappa shape index (κ3) is 5.44. The Bertz CT molecular complexity index is 1380. The molecule has 1 atom stereocenters. The summed E-state index contributed by atoms with van der Waals surface area (Å²) < 4.78 is 16.1. The van der Waals surface area contributed by atoms with Crippen LogP contribution in [0.15, 0.2) is 77.3 Å². The molecule has 1 aromatic heterocycles. The lowest BCUT2D eigenvalue weighted by Crippen LogP contribution is -2.12. The monoisotopic (exact) mass is 489 g/mol. The number of ether oxygens (including phenoxy) is 2. The minimum absolute atomic E-state index is 0.00150. The van der Waals surface area contributed by atoms with Crippen molar-refractivity contribution in [3.63, 3.8) is 0 Å². The lowest BCUT2D eigenvalue weighted by Gasteiger charge is -2.15. The number of aryl methyl sites for hydroxylation is 1. The van der Waals surface area contributed by atoms with Crippen molar-refractivity contribution < 1.29 is 23.6 Å². The van der Waals surface area contributed by atoms with E-state index in [9.17, 15) is 9.59 Å². The summed E-state index contributed by atoms with van der Waals surface area (Å²) in [5, 5.41) is 4.63. The molecule has 0 amide bonds. The highest BCUT2D eigenvalue weighted by Crippen LogP contribution is 2.32. The van der Waals surface area contributed by atoms with E-state index < -0.39 is 18.0 Å². The van der Waals surface area contributed by atoms with Crippen LogP contribution in [0.2, 0.25) is 5.02 Å². The molecule has 7 heteroatoms. The topological polar surface area (TPSA) is 78.6 Å². The van der Waals surface area contributed by atoms with Gasteiger partial charge in [0.15, 0.2) is 5.76 Å². The van der Waals surface area contributed by atoms with Crippen molar-refractivity contribution in [3.8, 4) is 22.5 Å². The minimum atomic E-state index is -0.495. The molecule has 178 valence electrons. The van der Waals surface area contributed by atoms with Crippen LogP contribution in [0, 0.1) is 6.92 Å². The highest BCUT2D eigenvalue weighted by atomic mass is 35.5. The molecule has 0 aliphatic heterocycles. The Hall–Kier alpha value is -3.90. The largest absolute Gasteiger partial charge is 0.465 e. The van der Waals surface area contributed by atoms with Crippen molar-refractivity contribution in [1.82, 2.24) is 5.16 Å². The van der Waals surface area contributed by atoms with Crippen LogP contribution in [0.4, 0.5) is 0 Å². The average Bonchev–Trinajstić information content (AvgIpc) is 3.23. The van der Waals surface area contributed by atoms with E-state index in [0.717, 1.165) is 22.3 Å². The maximum atomic E-state index is 12.8. The van der Waals surface area contributed by atoms with Crippen molar-refractivity contribution in [1.29, 1.82) is 0 Å². The summed E-state index contributed by atoms with van der Waals surface area (Å²) in [6.07, 6.45) is -0.494. The molecule has 0 radical (unpaired) electrons. The van der Waals surface area contributed by atoms with E-state index in [0.29, 0.717) is 27.6 Å². The number of carbonyl (C=O) groups is 2. The summed E-state index contributed by atoms with van der Waals surface area (Å²) in [7, 11) is 1.35. The molecule has 0 aliphatic rings. The van der Waals surface area contributed by atoms with Crippen LogP contribution in [0.3, 0.4) is 0 Å². The van der Waals surface area contributed by atoms with Gasteiger partial charge >= 0.3 is 11.9 Å². The van der Waals surface area contributed by atoms with Crippen LogP contribution in [0.25, 0.3) is 22.5 Å². The van der Waals surface area contributed by atoms with E-state index >= 15 is 0 Å². The predicted octanol–water partition coefficient (Wildman–Crippen LogP) is 6.60. The summed E-state index contributed by atoms with van der Waals surface area (Å²) in [6, 6.07) is 22.1. The fourth-order valence-electron chi connectivity index (χ4n) is 3.86. The number of aromatic nitrogens is 1. The van der Waals surface area contributed by atoms with E-state index in [1.54, 1.807) is 38.1 Å². The average molecular weight is 490 g/mol. The number of esters is 2. The van der Waals surface area contributed by atoms with Gasteiger partial charge in [-0.15, -0.1) is 0 Å². The summed E-state index contributed by atoms with van der Waals surface area (Å²) in [4.78, 5) is 24.7. The van der Waals surface area contributed by atoms with Gasteiger partial charge in [-0.25, -0.2) is 4.79 Å². The van der Waals surface area contributed by atoms with Gasteiger partial charge < -0.3 is 14.0 Å². The number of hydrogen-bond donors (Lipinski definition) is 0. The number of halogens is 1.